The summed E-state index contributed by atoms with van der Waals surface area (Å²) < 4.78 is 19.5. The average Bonchev–Trinajstić information content (AvgIpc) is 2.87. The second-order valence-corrected chi connectivity index (χ2v) is 3.54. The van der Waals surface area contributed by atoms with Gasteiger partial charge in [-0.2, -0.15) is 0 Å². The lowest BCUT2D eigenvalue weighted by atomic mass is 10.1. The van der Waals surface area contributed by atoms with Gasteiger partial charge in [-0.15, -0.1) is 5.10 Å². The number of aliphatic hydroxyl groups is 2. The number of ether oxygens (including phenoxy) is 1. The number of hydrogen-bond donors (Lipinski definition) is 3. The zero-order valence-electron chi connectivity index (χ0n) is 8.47. The minimum Gasteiger partial charge on any atom is -0.475 e. The van der Waals surface area contributed by atoms with Gasteiger partial charge in [-0.05, 0) is 0 Å². The summed E-state index contributed by atoms with van der Waals surface area (Å²) in [6, 6.07) is 0. The minimum atomic E-state index is -1.81. The summed E-state index contributed by atoms with van der Waals surface area (Å²) >= 11 is 0. The Kier molecular flexibility index (Phi) is 3.05. The van der Waals surface area contributed by atoms with Gasteiger partial charge in [0.15, 0.2) is 12.4 Å². The van der Waals surface area contributed by atoms with Gasteiger partial charge >= 0.3 is 5.97 Å². The van der Waals surface area contributed by atoms with E-state index in [2.05, 4.69) is 10.1 Å². The lowest BCUT2D eigenvalue weighted by Gasteiger charge is -2.11. The molecule has 1 aliphatic rings. The molecule has 0 aromatic carbocycles. The molecule has 0 bridgehead atoms. The van der Waals surface area contributed by atoms with Crippen LogP contribution in [0.1, 0.15) is 16.8 Å². The van der Waals surface area contributed by atoms with Crippen LogP contribution < -0.4 is 0 Å². The molecule has 2 rings (SSSR count). The summed E-state index contributed by atoms with van der Waals surface area (Å²) in [6.45, 7) is -0.543. The molecule has 4 atom stereocenters. The molecule has 1 aromatic heterocycles. The molecule has 0 spiro atoms. The number of carboxylic acid groups (broad SMARTS) is 1. The number of carbonyl (C=O) groups is 1. The number of aromatic nitrogens is 3. The SMILES string of the molecule is O=C(O)c1ncn([C@@H]2O[C@H](CO)[C@@H](O)[C@H]2F)n1. The first-order valence-electron chi connectivity index (χ1n) is 4.77. The first-order valence-corrected chi connectivity index (χ1v) is 4.77. The Morgan fingerprint density at radius 2 is 2.35 bits per heavy atom. The maximum atomic E-state index is 13.6. The van der Waals surface area contributed by atoms with Gasteiger partial charge in [0.05, 0.1) is 6.61 Å². The van der Waals surface area contributed by atoms with Crippen molar-refractivity contribution in [2.75, 3.05) is 6.61 Å². The minimum absolute atomic E-state index is 0.497. The summed E-state index contributed by atoms with van der Waals surface area (Å²) in [6.07, 6.45) is -4.65. The summed E-state index contributed by atoms with van der Waals surface area (Å²) in [7, 11) is 0. The molecule has 94 valence electrons. The van der Waals surface area contributed by atoms with Crippen LogP contribution in [0, 0.1) is 0 Å². The zero-order chi connectivity index (χ0) is 12.6. The molecule has 9 heteroatoms. The smallest absolute Gasteiger partial charge is 0.375 e. The van der Waals surface area contributed by atoms with Crippen molar-refractivity contribution >= 4 is 5.97 Å². The Morgan fingerprint density at radius 1 is 1.65 bits per heavy atom. The number of alkyl halides is 1. The molecule has 0 amide bonds. The molecule has 1 aromatic rings. The van der Waals surface area contributed by atoms with Gasteiger partial charge in [-0.25, -0.2) is 18.9 Å². The number of rotatable bonds is 3. The van der Waals surface area contributed by atoms with Crippen molar-refractivity contribution in [1.82, 2.24) is 14.8 Å². The molecular formula is C8H10FN3O5. The van der Waals surface area contributed by atoms with Crippen LogP contribution in [0.15, 0.2) is 6.33 Å². The number of carboxylic acids is 1. The molecule has 1 aliphatic heterocycles. The third-order valence-electron chi connectivity index (χ3n) is 2.43. The summed E-state index contributed by atoms with van der Waals surface area (Å²) in [5, 5.41) is 30.3. The predicted octanol–water partition coefficient (Wildman–Crippen LogP) is -1.44. The van der Waals surface area contributed by atoms with E-state index in [4.69, 9.17) is 14.9 Å². The van der Waals surface area contributed by atoms with Crippen LogP contribution in [0.5, 0.6) is 0 Å². The van der Waals surface area contributed by atoms with E-state index in [1.165, 1.54) is 0 Å². The molecule has 2 heterocycles. The summed E-state index contributed by atoms with van der Waals surface area (Å²) in [4.78, 5) is 14.0. The monoisotopic (exact) mass is 247 g/mol. The van der Waals surface area contributed by atoms with Gasteiger partial charge < -0.3 is 20.1 Å². The third-order valence-corrected chi connectivity index (χ3v) is 2.43. The van der Waals surface area contributed by atoms with Crippen LogP contribution in [0.4, 0.5) is 4.39 Å². The van der Waals surface area contributed by atoms with E-state index in [0.29, 0.717) is 0 Å². The number of halogens is 1. The Labute approximate surface area is 94.3 Å². The second-order valence-electron chi connectivity index (χ2n) is 3.54. The molecule has 0 aliphatic carbocycles. The Morgan fingerprint density at radius 3 is 2.82 bits per heavy atom. The van der Waals surface area contributed by atoms with Crippen molar-refractivity contribution in [3.05, 3.63) is 12.2 Å². The van der Waals surface area contributed by atoms with Crippen molar-refractivity contribution in [2.24, 2.45) is 0 Å². The topological polar surface area (TPSA) is 118 Å². The molecule has 0 unspecified atom stereocenters. The average molecular weight is 247 g/mol. The van der Waals surface area contributed by atoms with Crippen molar-refractivity contribution in [2.45, 2.75) is 24.6 Å². The molecule has 0 radical (unpaired) electrons. The molecule has 3 N–H and O–H groups in total. The molecule has 8 nitrogen and oxygen atoms in total. The van der Waals surface area contributed by atoms with Crippen molar-refractivity contribution in [3.8, 4) is 0 Å². The molecule has 1 saturated heterocycles. The largest absolute Gasteiger partial charge is 0.475 e. The molecule has 17 heavy (non-hydrogen) atoms. The van der Waals surface area contributed by atoms with Gasteiger partial charge in [0.1, 0.15) is 18.5 Å². The number of hydrogen-bond acceptors (Lipinski definition) is 6. The quantitative estimate of drug-likeness (QED) is 0.599. The lowest BCUT2D eigenvalue weighted by molar-refractivity contribution is -0.0523. The van der Waals surface area contributed by atoms with Crippen LogP contribution in [-0.2, 0) is 4.74 Å². The zero-order valence-corrected chi connectivity index (χ0v) is 8.47. The van der Waals surface area contributed by atoms with Crippen molar-refractivity contribution in [1.29, 1.82) is 0 Å². The van der Waals surface area contributed by atoms with E-state index in [9.17, 15) is 14.3 Å². The van der Waals surface area contributed by atoms with Crippen LogP contribution in [0.3, 0.4) is 0 Å². The first-order chi connectivity index (χ1) is 8.04. The number of aromatic carboxylic acids is 1. The highest BCUT2D eigenvalue weighted by atomic mass is 19.1. The van der Waals surface area contributed by atoms with Crippen LogP contribution in [-0.4, -0.2) is 61.0 Å². The van der Waals surface area contributed by atoms with Gasteiger partial charge in [0, 0.05) is 0 Å². The first kappa shape index (κ1) is 11.9. The van der Waals surface area contributed by atoms with Gasteiger partial charge in [-0.1, -0.05) is 0 Å². The maximum Gasteiger partial charge on any atom is 0.375 e. The highest BCUT2D eigenvalue weighted by molar-refractivity contribution is 5.82. The fraction of sp³-hybridized carbons (Fsp3) is 0.625. The van der Waals surface area contributed by atoms with E-state index in [1.807, 2.05) is 0 Å². The van der Waals surface area contributed by atoms with Crippen molar-refractivity contribution in [3.63, 3.8) is 0 Å². The summed E-state index contributed by atoms with van der Waals surface area (Å²) in [5.41, 5.74) is 0. The van der Waals surface area contributed by atoms with Crippen LogP contribution in [0.25, 0.3) is 0 Å². The van der Waals surface area contributed by atoms with Crippen LogP contribution >= 0.6 is 0 Å². The maximum absolute atomic E-state index is 13.6. The fourth-order valence-electron chi connectivity index (χ4n) is 1.56. The van der Waals surface area contributed by atoms with E-state index >= 15 is 0 Å². The highest BCUT2D eigenvalue weighted by Gasteiger charge is 2.45. The second kappa shape index (κ2) is 4.35. The third kappa shape index (κ3) is 1.99. The highest BCUT2D eigenvalue weighted by Crippen LogP contribution is 2.30. The molecule has 0 saturated carbocycles. The Hall–Kier alpha value is -1.58. The van der Waals surface area contributed by atoms with E-state index < -0.39 is 43.0 Å². The molecule has 1 fully saturated rings. The van der Waals surface area contributed by atoms with Gasteiger partial charge in [0.25, 0.3) is 5.82 Å². The standard InChI is InChI=1S/C8H10FN3O5/c9-4-5(14)3(1-13)17-7(4)12-2-10-6(11-12)8(15)16/h2-5,7,13-14H,1H2,(H,15,16)/t3-,4-,5-,7-/m1/s1. The number of aliphatic hydroxyl groups excluding tert-OH is 2. The van der Waals surface area contributed by atoms with Crippen molar-refractivity contribution < 1.29 is 29.2 Å². The Balaban J connectivity index is 2.19. The van der Waals surface area contributed by atoms with Gasteiger partial charge in [0.2, 0.25) is 0 Å². The normalized spacial score (nSPS) is 32.9. The predicted molar refractivity (Wildman–Crippen MR) is 48.9 cm³/mol. The summed E-state index contributed by atoms with van der Waals surface area (Å²) in [5.74, 6) is -1.85. The van der Waals surface area contributed by atoms with E-state index in [-0.39, 0.29) is 0 Å². The lowest BCUT2D eigenvalue weighted by Crippen LogP contribution is -2.30. The molecular weight excluding hydrogens is 237 g/mol. The fourth-order valence-corrected chi connectivity index (χ4v) is 1.56. The Bertz CT molecular complexity index is 425. The van der Waals surface area contributed by atoms with Gasteiger partial charge in [-0.3, -0.25) is 0 Å². The van der Waals surface area contributed by atoms with E-state index in [1.54, 1.807) is 0 Å². The van der Waals surface area contributed by atoms with Crippen LogP contribution in [0.2, 0.25) is 0 Å². The number of nitrogens with zero attached hydrogens (tertiary/aromatic N) is 3. The van der Waals surface area contributed by atoms with E-state index in [0.717, 1.165) is 11.0 Å².